The Balaban J connectivity index is 2.34. The predicted octanol–water partition coefficient (Wildman–Crippen LogP) is 3.57. The maximum absolute atomic E-state index is 12.5. The highest BCUT2D eigenvalue weighted by Gasteiger charge is 2.66. The molecule has 0 heterocycles. The molecule has 37 heavy (non-hydrogen) atoms. The highest BCUT2D eigenvalue weighted by atomic mass is 16.6. The SMILES string of the molecule is C=C1C(OC(C)=O)CCC2(C)C1CC1(C(C)(C)O)CC(OC(C)=O)C(C)=C1C(OC(C)=O)C2OC(C)=O. The molecule has 3 aliphatic carbocycles. The van der Waals surface area contributed by atoms with Crippen LogP contribution < -0.4 is 0 Å². The number of fused-ring (bicyclic) bond motifs is 2. The van der Waals surface area contributed by atoms with E-state index in [-0.39, 0.29) is 12.3 Å². The Labute approximate surface area is 218 Å². The van der Waals surface area contributed by atoms with Gasteiger partial charge in [-0.2, -0.15) is 0 Å². The summed E-state index contributed by atoms with van der Waals surface area (Å²) in [5.41, 5.74) is -1.24. The van der Waals surface area contributed by atoms with Gasteiger partial charge in [-0.25, -0.2) is 0 Å². The number of carbonyl (C=O) groups excluding carboxylic acids is 4. The quantitative estimate of drug-likeness (QED) is 0.329. The van der Waals surface area contributed by atoms with Crippen molar-refractivity contribution in [1.82, 2.24) is 0 Å². The highest BCUT2D eigenvalue weighted by molar-refractivity contribution is 5.69. The third kappa shape index (κ3) is 5.07. The molecule has 1 N–H and O–H groups in total. The summed E-state index contributed by atoms with van der Waals surface area (Å²) in [5.74, 6) is -2.41. The molecule has 3 rings (SSSR count). The van der Waals surface area contributed by atoms with E-state index in [9.17, 15) is 24.3 Å². The first kappa shape index (κ1) is 28.9. The summed E-state index contributed by atoms with van der Waals surface area (Å²) < 4.78 is 23.2. The monoisotopic (exact) mass is 520 g/mol. The van der Waals surface area contributed by atoms with E-state index in [4.69, 9.17) is 18.9 Å². The molecule has 3 aliphatic rings. The maximum atomic E-state index is 12.5. The lowest BCUT2D eigenvalue weighted by Gasteiger charge is -2.50. The van der Waals surface area contributed by atoms with E-state index in [1.807, 2.05) is 6.92 Å². The van der Waals surface area contributed by atoms with E-state index < -0.39 is 64.7 Å². The largest absolute Gasteiger partial charge is 0.458 e. The first-order valence-electron chi connectivity index (χ1n) is 12.8. The average Bonchev–Trinajstić information content (AvgIpc) is 2.96. The third-order valence-corrected chi connectivity index (χ3v) is 8.70. The molecular weight excluding hydrogens is 480 g/mol. The first-order valence-corrected chi connectivity index (χ1v) is 12.8. The van der Waals surface area contributed by atoms with E-state index in [0.29, 0.717) is 36.0 Å². The van der Waals surface area contributed by atoms with Crippen LogP contribution in [0.2, 0.25) is 0 Å². The fraction of sp³-hybridized carbons (Fsp3) is 0.714. The van der Waals surface area contributed by atoms with E-state index in [1.54, 1.807) is 20.8 Å². The predicted molar refractivity (Wildman–Crippen MR) is 133 cm³/mol. The fourth-order valence-corrected chi connectivity index (χ4v) is 6.99. The van der Waals surface area contributed by atoms with E-state index in [2.05, 4.69) is 6.58 Å². The number of hydrogen-bond acceptors (Lipinski definition) is 9. The normalized spacial score (nSPS) is 35.6. The van der Waals surface area contributed by atoms with Crippen LogP contribution in [-0.2, 0) is 38.1 Å². The van der Waals surface area contributed by atoms with Gasteiger partial charge >= 0.3 is 23.9 Å². The zero-order valence-electron chi connectivity index (χ0n) is 23.1. The Kier molecular flexibility index (Phi) is 7.72. The van der Waals surface area contributed by atoms with Gasteiger partial charge < -0.3 is 24.1 Å². The molecule has 7 unspecified atom stereocenters. The lowest BCUT2D eigenvalue weighted by atomic mass is 9.57. The Morgan fingerprint density at radius 2 is 1.41 bits per heavy atom. The van der Waals surface area contributed by atoms with Crippen molar-refractivity contribution < 1.29 is 43.2 Å². The second-order valence-corrected chi connectivity index (χ2v) is 11.6. The van der Waals surface area contributed by atoms with Gasteiger partial charge in [-0.15, -0.1) is 0 Å². The summed E-state index contributed by atoms with van der Waals surface area (Å²) in [4.78, 5) is 48.7. The van der Waals surface area contributed by atoms with Crippen molar-refractivity contribution in [1.29, 1.82) is 0 Å². The molecule has 2 fully saturated rings. The lowest BCUT2D eigenvalue weighted by Crippen LogP contribution is -2.52. The summed E-state index contributed by atoms with van der Waals surface area (Å²) in [6, 6.07) is 0. The van der Waals surface area contributed by atoms with Gasteiger partial charge in [0, 0.05) is 44.9 Å². The number of ether oxygens (including phenoxy) is 4. The number of hydrogen-bond donors (Lipinski definition) is 1. The van der Waals surface area contributed by atoms with Gasteiger partial charge in [0.05, 0.1) is 5.60 Å². The fourth-order valence-electron chi connectivity index (χ4n) is 6.99. The molecule has 0 aromatic heterocycles. The van der Waals surface area contributed by atoms with E-state index in [1.165, 1.54) is 27.7 Å². The van der Waals surface area contributed by atoms with Crippen molar-refractivity contribution in [2.45, 2.75) is 111 Å². The zero-order chi connectivity index (χ0) is 28.1. The van der Waals surface area contributed by atoms with Gasteiger partial charge in [-0.05, 0) is 62.7 Å². The summed E-state index contributed by atoms with van der Waals surface area (Å²) in [6.45, 7) is 16.7. The second-order valence-electron chi connectivity index (χ2n) is 11.6. The van der Waals surface area contributed by atoms with Gasteiger partial charge in [-0.1, -0.05) is 13.5 Å². The molecule has 0 amide bonds. The lowest BCUT2D eigenvalue weighted by molar-refractivity contribution is -0.178. The number of esters is 4. The zero-order valence-corrected chi connectivity index (χ0v) is 23.1. The van der Waals surface area contributed by atoms with Crippen LogP contribution in [0.15, 0.2) is 23.3 Å². The molecule has 0 aromatic carbocycles. The van der Waals surface area contributed by atoms with Crippen LogP contribution in [0, 0.1) is 16.7 Å². The van der Waals surface area contributed by atoms with Crippen molar-refractivity contribution in [3.8, 4) is 0 Å². The number of rotatable bonds is 5. The molecule has 0 aliphatic heterocycles. The Hall–Kier alpha value is -2.68. The molecule has 206 valence electrons. The smallest absolute Gasteiger partial charge is 0.303 e. The highest BCUT2D eigenvalue weighted by Crippen LogP contribution is 2.65. The Bertz CT molecular complexity index is 1030. The summed E-state index contributed by atoms with van der Waals surface area (Å²) in [6.07, 6.45) is -1.62. The van der Waals surface area contributed by atoms with E-state index >= 15 is 0 Å². The maximum Gasteiger partial charge on any atom is 0.303 e. The van der Waals surface area contributed by atoms with Crippen molar-refractivity contribution in [3.63, 3.8) is 0 Å². The molecule has 0 aromatic rings. The van der Waals surface area contributed by atoms with Crippen LogP contribution in [0.25, 0.3) is 0 Å². The van der Waals surface area contributed by atoms with Crippen LogP contribution in [0.3, 0.4) is 0 Å². The molecule has 9 nitrogen and oxygen atoms in total. The third-order valence-electron chi connectivity index (χ3n) is 8.70. The van der Waals surface area contributed by atoms with Gasteiger partial charge in [0.1, 0.15) is 18.3 Å². The molecule has 9 heteroatoms. The average molecular weight is 521 g/mol. The van der Waals surface area contributed by atoms with Crippen LogP contribution in [-0.4, -0.2) is 59.0 Å². The molecule has 2 saturated carbocycles. The van der Waals surface area contributed by atoms with Crippen molar-refractivity contribution >= 4 is 23.9 Å². The van der Waals surface area contributed by atoms with E-state index in [0.717, 1.165) is 0 Å². The molecule has 0 bridgehead atoms. The molecule has 0 radical (unpaired) electrons. The van der Waals surface area contributed by atoms with Crippen LogP contribution in [0.1, 0.15) is 81.1 Å². The minimum atomic E-state index is -1.36. The van der Waals surface area contributed by atoms with Crippen LogP contribution in [0.5, 0.6) is 0 Å². The second kappa shape index (κ2) is 9.89. The molecular formula is C28H40O9. The van der Waals surface area contributed by atoms with Crippen molar-refractivity contribution in [2.75, 3.05) is 0 Å². The standard InChI is InChI=1S/C28H40O9/c1-14-20-12-28(26(7,8)33)13-22(35-17(4)30)15(2)23(28)24(36-18(5)31)25(37-19(6)32)27(20,9)11-10-21(14)34-16(3)29/h20-22,24-25,33H,1,10-13H2,2-9H3. The minimum absolute atomic E-state index is 0.250. The summed E-state index contributed by atoms with van der Waals surface area (Å²) >= 11 is 0. The number of aliphatic hydroxyl groups is 1. The number of carbonyl (C=O) groups is 4. The van der Waals surface area contributed by atoms with Crippen molar-refractivity contribution in [2.24, 2.45) is 16.7 Å². The summed E-state index contributed by atoms with van der Waals surface area (Å²) in [7, 11) is 0. The van der Waals surface area contributed by atoms with Gasteiger partial charge in [-0.3, -0.25) is 19.2 Å². The Morgan fingerprint density at radius 3 is 1.89 bits per heavy atom. The van der Waals surface area contributed by atoms with Gasteiger partial charge in [0.15, 0.2) is 6.10 Å². The summed E-state index contributed by atoms with van der Waals surface area (Å²) in [5, 5.41) is 11.8. The minimum Gasteiger partial charge on any atom is -0.458 e. The Morgan fingerprint density at radius 1 is 0.892 bits per heavy atom. The van der Waals surface area contributed by atoms with Crippen LogP contribution in [0.4, 0.5) is 0 Å². The van der Waals surface area contributed by atoms with Crippen molar-refractivity contribution in [3.05, 3.63) is 23.3 Å². The molecule has 0 saturated heterocycles. The van der Waals surface area contributed by atoms with Gasteiger partial charge in [0.2, 0.25) is 0 Å². The molecule has 7 atom stereocenters. The van der Waals surface area contributed by atoms with Gasteiger partial charge in [0.25, 0.3) is 0 Å². The van der Waals surface area contributed by atoms with Crippen LogP contribution >= 0.6 is 0 Å². The first-order chi connectivity index (χ1) is 16.9. The topological polar surface area (TPSA) is 125 Å². The molecule has 0 spiro atoms.